The zero-order chi connectivity index (χ0) is 18.8. The fourth-order valence-corrected chi connectivity index (χ4v) is 2.32. The molecule has 1 aromatic carbocycles. The lowest BCUT2D eigenvalue weighted by molar-refractivity contribution is -0.124. The third-order valence-electron chi connectivity index (χ3n) is 3.86. The Bertz CT molecular complexity index is 531. The molecule has 0 aromatic heterocycles. The van der Waals surface area contributed by atoms with Crippen LogP contribution in [0, 0.1) is 11.8 Å². The first-order valence-corrected chi connectivity index (χ1v) is 8.72. The van der Waals surface area contributed by atoms with Crippen LogP contribution in [-0.2, 0) is 16.1 Å². The Hall–Kier alpha value is -2.08. The van der Waals surface area contributed by atoms with E-state index in [0.717, 1.165) is 5.56 Å². The summed E-state index contributed by atoms with van der Waals surface area (Å²) >= 11 is 0. The van der Waals surface area contributed by atoms with Crippen molar-refractivity contribution in [3.63, 3.8) is 0 Å². The fourth-order valence-electron chi connectivity index (χ4n) is 2.32. The standard InChI is InChI=1S/C19H30N2O4/c1-13(2)10-16(18(23)20-17(11-22)14(3)4)21-19(24)25-12-15-8-6-5-7-9-15/h5-9,13-14,16-17,22H,10-12H2,1-4H3,(H,20,23)(H,21,24)/t16-,17+/m0/s1. The van der Waals surface area contributed by atoms with Gasteiger partial charge in [-0.15, -0.1) is 0 Å². The molecule has 0 aliphatic heterocycles. The van der Waals surface area contributed by atoms with Crippen LogP contribution in [0.4, 0.5) is 4.79 Å². The fraction of sp³-hybridized carbons (Fsp3) is 0.579. The first kappa shape index (κ1) is 21.0. The van der Waals surface area contributed by atoms with Gasteiger partial charge in [0, 0.05) is 0 Å². The van der Waals surface area contributed by atoms with Gasteiger partial charge in [-0.1, -0.05) is 58.0 Å². The molecular weight excluding hydrogens is 320 g/mol. The molecule has 1 aromatic rings. The smallest absolute Gasteiger partial charge is 0.408 e. The molecule has 0 aliphatic rings. The highest BCUT2D eigenvalue weighted by molar-refractivity contribution is 5.85. The third-order valence-corrected chi connectivity index (χ3v) is 3.86. The molecule has 0 heterocycles. The Labute approximate surface area is 150 Å². The maximum absolute atomic E-state index is 12.5. The Morgan fingerprint density at radius 3 is 2.24 bits per heavy atom. The highest BCUT2D eigenvalue weighted by Crippen LogP contribution is 2.08. The number of nitrogens with one attached hydrogen (secondary N) is 2. The number of carbonyl (C=O) groups excluding carboxylic acids is 2. The number of amides is 2. The van der Waals surface area contributed by atoms with Crippen molar-refractivity contribution in [2.24, 2.45) is 11.8 Å². The summed E-state index contributed by atoms with van der Waals surface area (Å²) in [6.45, 7) is 7.79. The molecule has 6 heteroatoms. The van der Waals surface area contributed by atoms with Gasteiger partial charge < -0.3 is 20.5 Å². The number of hydrogen-bond donors (Lipinski definition) is 3. The monoisotopic (exact) mass is 350 g/mol. The maximum Gasteiger partial charge on any atom is 0.408 e. The first-order valence-electron chi connectivity index (χ1n) is 8.72. The molecule has 0 saturated heterocycles. The highest BCUT2D eigenvalue weighted by atomic mass is 16.5. The van der Waals surface area contributed by atoms with Gasteiger partial charge >= 0.3 is 6.09 Å². The molecule has 0 radical (unpaired) electrons. The van der Waals surface area contributed by atoms with Gasteiger partial charge in [0.2, 0.25) is 5.91 Å². The van der Waals surface area contributed by atoms with Gasteiger partial charge in [-0.05, 0) is 23.8 Å². The molecule has 140 valence electrons. The Kier molecular flexibility index (Phi) is 8.99. The van der Waals surface area contributed by atoms with Crippen LogP contribution in [0.15, 0.2) is 30.3 Å². The van der Waals surface area contributed by atoms with E-state index in [9.17, 15) is 14.7 Å². The summed E-state index contributed by atoms with van der Waals surface area (Å²) in [5, 5.41) is 14.8. The number of rotatable bonds is 9. The minimum Gasteiger partial charge on any atom is -0.445 e. The zero-order valence-electron chi connectivity index (χ0n) is 15.5. The van der Waals surface area contributed by atoms with E-state index in [1.807, 2.05) is 58.0 Å². The number of hydrogen-bond acceptors (Lipinski definition) is 4. The lowest BCUT2D eigenvalue weighted by Crippen LogP contribution is -2.52. The van der Waals surface area contributed by atoms with Gasteiger partial charge in [-0.2, -0.15) is 0 Å². The van der Waals surface area contributed by atoms with E-state index in [4.69, 9.17) is 4.74 Å². The van der Waals surface area contributed by atoms with Gasteiger partial charge in [-0.25, -0.2) is 4.79 Å². The summed E-state index contributed by atoms with van der Waals surface area (Å²) < 4.78 is 5.19. The lowest BCUT2D eigenvalue weighted by atomic mass is 10.0. The Balaban J connectivity index is 2.61. The predicted octanol–water partition coefficient (Wildman–Crippen LogP) is 2.46. The van der Waals surface area contributed by atoms with Crippen molar-refractivity contribution in [2.45, 2.75) is 52.8 Å². The summed E-state index contributed by atoms with van der Waals surface area (Å²) in [5.41, 5.74) is 0.877. The van der Waals surface area contributed by atoms with E-state index in [1.165, 1.54) is 0 Å². The third kappa shape index (κ3) is 8.03. The molecule has 0 spiro atoms. The van der Waals surface area contributed by atoms with E-state index in [-0.39, 0.29) is 37.0 Å². The molecule has 0 saturated carbocycles. The molecule has 0 aliphatic carbocycles. The van der Waals surface area contributed by atoms with Crippen LogP contribution in [0.25, 0.3) is 0 Å². The summed E-state index contributed by atoms with van der Waals surface area (Å²) in [7, 11) is 0. The molecule has 2 amide bonds. The number of alkyl carbamates (subject to hydrolysis) is 1. The van der Waals surface area contributed by atoms with Gasteiger partial charge in [0.25, 0.3) is 0 Å². The Morgan fingerprint density at radius 1 is 1.08 bits per heavy atom. The van der Waals surface area contributed by atoms with Gasteiger partial charge in [0.15, 0.2) is 0 Å². The summed E-state index contributed by atoms with van der Waals surface area (Å²) in [5.74, 6) is 0.00796. The second kappa shape index (κ2) is 10.7. The van der Waals surface area contributed by atoms with E-state index >= 15 is 0 Å². The van der Waals surface area contributed by atoms with Gasteiger partial charge in [-0.3, -0.25) is 4.79 Å². The van der Waals surface area contributed by atoms with Crippen LogP contribution >= 0.6 is 0 Å². The number of aliphatic hydroxyl groups is 1. The molecule has 25 heavy (non-hydrogen) atoms. The Morgan fingerprint density at radius 2 is 1.72 bits per heavy atom. The molecule has 2 atom stereocenters. The van der Waals surface area contributed by atoms with Crippen molar-refractivity contribution in [3.8, 4) is 0 Å². The average molecular weight is 350 g/mol. The molecular formula is C19H30N2O4. The molecule has 6 nitrogen and oxygen atoms in total. The van der Waals surface area contributed by atoms with Crippen molar-refractivity contribution in [3.05, 3.63) is 35.9 Å². The predicted molar refractivity (Wildman–Crippen MR) is 96.9 cm³/mol. The van der Waals surface area contributed by atoms with Crippen LogP contribution < -0.4 is 10.6 Å². The SMILES string of the molecule is CC(C)C[C@H](NC(=O)OCc1ccccc1)C(=O)N[C@H](CO)C(C)C. The van der Waals surface area contributed by atoms with Gasteiger partial charge in [0.05, 0.1) is 12.6 Å². The van der Waals surface area contributed by atoms with Crippen LogP contribution in [0.3, 0.4) is 0 Å². The second-order valence-electron chi connectivity index (χ2n) is 6.93. The van der Waals surface area contributed by atoms with Crippen LogP contribution in [0.2, 0.25) is 0 Å². The van der Waals surface area contributed by atoms with Crippen LogP contribution in [0.1, 0.15) is 39.7 Å². The average Bonchev–Trinajstić information content (AvgIpc) is 2.57. The van der Waals surface area contributed by atoms with Gasteiger partial charge in [0.1, 0.15) is 12.6 Å². The highest BCUT2D eigenvalue weighted by Gasteiger charge is 2.25. The van der Waals surface area contributed by atoms with E-state index < -0.39 is 12.1 Å². The van der Waals surface area contributed by atoms with E-state index in [2.05, 4.69) is 10.6 Å². The van der Waals surface area contributed by atoms with Crippen molar-refractivity contribution in [1.29, 1.82) is 0 Å². The van der Waals surface area contributed by atoms with Crippen LogP contribution in [0.5, 0.6) is 0 Å². The zero-order valence-corrected chi connectivity index (χ0v) is 15.5. The van der Waals surface area contributed by atoms with Crippen molar-refractivity contribution in [1.82, 2.24) is 10.6 Å². The minimum atomic E-state index is -0.698. The van der Waals surface area contributed by atoms with Crippen molar-refractivity contribution in [2.75, 3.05) is 6.61 Å². The van der Waals surface area contributed by atoms with Crippen molar-refractivity contribution >= 4 is 12.0 Å². The lowest BCUT2D eigenvalue weighted by Gasteiger charge is -2.25. The maximum atomic E-state index is 12.5. The quantitative estimate of drug-likeness (QED) is 0.638. The first-order chi connectivity index (χ1) is 11.8. The van der Waals surface area contributed by atoms with Crippen molar-refractivity contribution < 1.29 is 19.4 Å². The summed E-state index contributed by atoms with van der Waals surface area (Å²) in [6.07, 6.45) is -0.141. The number of aliphatic hydroxyl groups excluding tert-OH is 1. The number of carbonyl (C=O) groups is 2. The summed E-state index contributed by atoms with van der Waals surface area (Å²) in [6, 6.07) is 8.30. The molecule has 0 bridgehead atoms. The normalized spacial score (nSPS) is 13.4. The van der Waals surface area contributed by atoms with E-state index in [1.54, 1.807) is 0 Å². The minimum absolute atomic E-state index is 0.0960. The number of ether oxygens (including phenoxy) is 1. The molecule has 3 N–H and O–H groups in total. The second-order valence-corrected chi connectivity index (χ2v) is 6.93. The number of benzene rings is 1. The topological polar surface area (TPSA) is 87.7 Å². The van der Waals surface area contributed by atoms with E-state index in [0.29, 0.717) is 6.42 Å². The molecule has 0 fully saturated rings. The summed E-state index contributed by atoms with van der Waals surface area (Å²) in [4.78, 5) is 24.5. The molecule has 0 unspecified atom stereocenters. The molecule has 1 rings (SSSR count). The van der Waals surface area contributed by atoms with Crippen LogP contribution in [-0.4, -0.2) is 35.8 Å². The largest absolute Gasteiger partial charge is 0.445 e.